The third-order valence-corrected chi connectivity index (χ3v) is 4.05. The zero-order chi connectivity index (χ0) is 14.5. The number of alkyl halides is 1. The van der Waals surface area contributed by atoms with Crippen LogP contribution in [-0.2, 0) is 11.9 Å². The molecule has 106 valence electrons. The van der Waals surface area contributed by atoms with Crippen molar-refractivity contribution in [1.82, 2.24) is 4.98 Å². The van der Waals surface area contributed by atoms with Crippen molar-refractivity contribution in [3.05, 3.63) is 58.4 Å². The van der Waals surface area contributed by atoms with Crippen molar-refractivity contribution >= 4 is 33.2 Å². The maximum absolute atomic E-state index is 6.15. The first-order chi connectivity index (χ1) is 9.63. The molecule has 0 radical (unpaired) electrons. The number of hydrogen-bond donors (Lipinski definition) is 0. The smallest absolute Gasteiger partial charge is 0.0602 e. The van der Waals surface area contributed by atoms with Crippen LogP contribution in [0, 0.1) is 6.92 Å². The van der Waals surface area contributed by atoms with Gasteiger partial charge >= 0.3 is 0 Å². The van der Waals surface area contributed by atoms with Gasteiger partial charge in [0.2, 0.25) is 0 Å². The van der Waals surface area contributed by atoms with Gasteiger partial charge in [-0.05, 0) is 43.7 Å². The molecule has 0 spiro atoms. The van der Waals surface area contributed by atoms with Crippen molar-refractivity contribution in [1.29, 1.82) is 0 Å². The largest absolute Gasteiger partial charge is 0.366 e. The van der Waals surface area contributed by atoms with E-state index in [9.17, 15) is 0 Å². The molecule has 0 bridgehead atoms. The highest BCUT2D eigenvalue weighted by Gasteiger charge is 2.11. The minimum absolute atomic E-state index is 0.764. The molecule has 4 heteroatoms. The van der Waals surface area contributed by atoms with Gasteiger partial charge in [0.1, 0.15) is 0 Å². The van der Waals surface area contributed by atoms with Crippen molar-refractivity contribution in [2.24, 2.45) is 0 Å². The standard InChI is InChI=1S/C16H18BrClN2/c1-3-20(11-15-6-4-5-12(2)19-15)16-9-14(18)8-7-13(16)10-17/h4-9H,3,10-11H2,1-2H3. The van der Waals surface area contributed by atoms with Crippen LogP contribution < -0.4 is 4.90 Å². The first kappa shape index (κ1) is 15.3. The van der Waals surface area contributed by atoms with Crippen molar-refractivity contribution < 1.29 is 0 Å². The molecule has 0 amide bonds. The Morgan fingerprint density at radius 1 is 1.25 bits per heavy atom. The Hall–Kier alpha value is -1.06. The zero-order valence-electron chi connectivity index (χ0n) is 11.7. The Morgan fingerprint density at radius 3 is 2.70 bits per heavy atom. The molecule has 2 aromatic rings. The molecule has 0 N–H and O–H groups in total. The number of rotatable bonds is 5. The van der Waals surface area contributed by atoms with Crippen LogP contribution in [0.2, 0.25) is 5.02 Å². The maximum Gasteiger partial charge on any atom is 0.0602 e. The SMILES string of the molecule is CCN(Cc1cccc(C)n1)c1cc(Cl)ccc1CBr. The maximum atomic E-state index is 6.15. The Kier molecular flexibility index (Phi) is 5.44. The predicted octanol–water partition coefficient (Wildman–Crippen LogP) is 4.96. The van der Waals surface area contributed by atoms with Gasteiger partial charge in [0.25, 0.3) is 0 Å². The third-order valence-electron chi connectivity index (χ3n) is 3.21. The molecule has 2 rings (SSSR count). The fourth-order valence-electron chi connectivity index (χ4n) is 2.19. The molecule has 0 fully saturated rings. The molecule has 0 aliphatic heterocycles. The van der Waals surface area contributed by atoms with Gasteiger partial charge in [-0.3, -0.25) is 4.98 Å². The number of halogens is 2. The monoisotopic (exact) mass is 352 g/mol. The normalized spacial score (nSPS) is 10.6. The van der Waals surface area contributed by atoms with Gasteiger partial charge in [-0.2, -0.15) is 0 Å². The average molecular weight is 354 g/mol. The molecule has 0 saturated heterocycles. The van der Waals surface area contributed by atoms with E-state index in [1.165, 1.54) is 11.3 Å². The van der Waals surface area contributed by atoms with Gasteiger partial charge in [-0.25, -0.2) is 0 Å². The highest BCUT2D eigenvalue weighted by molar-refractivity contribution is 9.08. The van der Waals surface area contributed by atoms with E-state index in [0.717, 1.165) is 34.8 Å². The van der Waals surface area contributed by atoms with Crippen molar-refractivity contribution in [2.75, 3.05) is 11.4 Å². The minimum Gasteiger partial charge on any atom is -0.366 e. The summed E-state index contributed by atoms with van der Waals surface area (Å²) >= 11 is 9.69. The number of hydrogen-bond acceptors (Lipinski definition) is 2. The van der Waals surface area contributed by atoms with E-state index in [1.807, 2.05) is 25.1 Å². The predicted molar refractivity (Wildman–Crippen MR) is 89.8 cm³/mol. The molecule has 1 aromatic carbocycles. The summed E-state index contributed by atoms with van der Waals surface area (Å²) in [5.41, 5.74) is 4.53. The molecule has 20 heavy (non-hydrogen) atoms. The van der Waals surface area contributed by atoms with Crippen LogP contribution in [0.3, 0.4) is 0 Å². The zero-order valence-corrected chi connectivity index (χ0v) is 14.1. The summed E-state index contributed by atoms with van der Waals surface area (Å²) in [6, 6.07) is 12.2. The number of aryl methyl sites for hydroxylation is 1. The van der Waals surface area contributed by atoms with Crippen LogP contribution in [0.15, 0.2) is 36.4 Å². The molecule has 0 unspecified atom stereocenters. The van der Waals surface area contributed by atoms with Gasteiger partial charge in [0.05, 0.1) is 12.2 Å². The molecular weight excluding hydrogens is 336 g/mol. The Morgan fingerprint density at radius 2 is 2.05 bits per heavy atom. The quantitative estimate of drug-likeness (QED) is 0.706. The van der Waals surface area contributed by atoms with Crippen LogP contribution in [-0.4, -0.2) is 11.5 Å². The Balaban J connectivity index is 2.30. The van der Waals surface area contributed by atoms with Crippen molar-refractivity contribution in [3.8, 4) is 0 Å². The van der Waals surface area contributed by atoms with Crippen molar-refractivity contribution in [2.45, 2.75) is 25.7 Å². The van der Waals surface area contributed by atoms with E-state index in [0.29, 0.717) is 0 Å². The minimum atomic E-state index is 0.764. The second-order valence-electron chi connectivity index (χ2n) is 4.69. The summed E-state index contributed by atoms with van der Waals surface area (Å²) < 4.78 is 0. The summed E-state index contributed by atoms with van der Waals surface area (Å²) in [4.78, 5) is 6.87. The van der Waals surface area contributed by atoms with E-state index in [1.54, 1.807) is 0 Å². The number of aromatic nitrogens is 1. The Bertz CT molecular complexity index is 586. The lowest BCUT2D eigenvalue weighted by Gasteiger charge is -2.25. The van der Waals surface area contributed by atoms with Gasteiger partial charge in [0.15, 0.2) is 0 Å². The topological polar surface area (TPSA) is 16.1 Å². The summed E-state index contributed by atoms with van der Waals surface area (Å²) in [6.45, 7) is 5.87. The summed E-state index contributed by atoms with van der Waals surface area (Å²) in [5, 5.41) is 1.58. The van der Waals surface area contributed by atoms with Crippen molar-refractivity contribution in [3.63, 3.8) is 0 Å². The van der Waals surface area contributed by atoms with Crippen LogP contribution in [0.1, 0.15) is 23.9 Å². The summed E-state index contributed by atoms with van der Waals surface area (Å²) in [5.74, 6) is 0. The number of benzene rings is 1. The van der Waals surface area contributed by atoms with E-state index in [4.69, 9.17) is 11.6 Å². The lowest BCUT2D eigenvalue weighted by molar-refractivity contribution is 0.802. The number of pyridine rings is 1. The fourth-order valence-corrected chi connectivity index (χ4v) is 2.84. The lowest BCUT2D eigenvalue weighted by Crippen LogP contribution is -2.23. The summed E-state index contributed by atoms with van der Waals surface area (Å²) in [7, 11) is 0. The first-order valence-electron chi connectivity index (χ1n) is 6.66. The van der Waals surface area contributed by atoms with Crippen LogP contribution in [0.25, 0.3) is 0 Å². The molecule has 1 aromatic heterocycles. The van der Waals surface area contributed by atoms with E-state index in [-0.39, 0.29) is 0 Å². The molecular formula is C16H18BrClN2. The number of anilines is 1. The average Bonchev–Trinajstić information content (AvgIpc) is 2.45. The van der Waals surface area contributed by atoms with E-state index < -0.39 is 0 Å². The highest BCUT2D eigenvalue weighted by atomic mass is 79.9. The highest BCUT2D eigenvalue weighted by Crippen LogP contribution is 2.27. The van der Waals surface area contributed by atoms with Crippen LogP contribution in [0.4, 0.5) is 5.69 Å². The van der Waals surface area contributed by atoms with Gasteiger partial charge < -0.3 is 4.90 Å². The first-order valence-corrected chi connectivity index (χ1v) is 8.16. The van der Waals surface area contributed by atoms with E-state index >= 15 is 0 Å². The molecule has 0 saturated carbocycles. The fraction of sp³-hybridized carbons (Fsp3) is 0.312. The molecule has 2 nitrogen and oxygen atoms in total. The van der Waals surface area contributed by atoms with Crippen LogP contribution >= 0.6 is 27.5 Å². The van der Waals surface area contributed by atoms with Gasteiger partial charge in [0, 0.05) is 28.3 Å². The lowest BCUT2D eigenvalue weighted by atomic mass is 10.1. The van der Waals surface area contributed by atoms with Crippen LogP contribution in [0.5, 0.6) is 0 Å². The molecule has 0 aliphatic rings. The second-order valence-corrected chi connectivity index (χ2v) is 5.69. The van der Waals surface area contributed by atoms with Gasteiger partial charge in [-0.1, -0.05) is 39.7 Å². The number of nitrogens with zero attached hydrogens (tertiary/aromatic N) is 2. The second kappa shape index (κ2) is 7.09. The molecule has 0 aliphatic carbocycles. The van der Waals surface area contributed by atoms with Gasteiger partial charge in [-0.15, -0.1) is 0 Å². The third kappa shape index (κ3) is 3.74. The molecule has 1 heterocycles. The van der Waals surface area contributed by atoms with E-state index in [2.05, 4.69) is 50.9 Å². The molecule has 0 atom stereocenters. The summed E-state index contributed by atoms with van der Waals surface area (Å²) in [6.07, 6.45) is 0. The Labute approximate surface area is 133 Å².